The number of hydrogen-bond donors (Lipinski definition) is 1. The molecule has 0 saturated heterocycles. The molecule has 3 aromatic rings. The van der Waals surface area contributed by atoms with Gasteiger partial charge in [-0.15, -0.1) is 0 Å². The zero-order chi connectivity index (χ0) is 18.7. The Morgan fingerprint density at radius 2 is 2.00 bits per heavy atom. The molecule has 1 N–H and O–H groups in total. The van der Waals surface area contributed by atoms with Crippen molar-refractivity contribution in [2.24, 2.45) is 4.99 Å². The van der Waals surface area contributed by atoms with E-state index in [1.807, 2.05) is 32.9 Å². The molecule has 3 rings (SSSR count). The highest BCUT2D eigenvalue weighted by Gasteiger charge is 2.17. The van der Waals surface area contributed by atoms with E-state index in [1.165, 1.54) is 16.8 Å². The van der Waals surface area contributed by atoms with E-state index in [-0.39, 0.29) is 11.4 Å². The summed E-state index contributed by atoms with van der Waals surface area (Å²) in [5, 5.41) is 3.15. The number of aromatic nitrogens is 3. The molecular weight excluding hydrogens is 331 g/mol. The lowest BCUT2D eigenvalue weighted by Crippen LogP contribution is -2.19. The SMILES string of the molecule is CCCc1[nH]n(-c2ccc(F)cc2)c(=O)c1/C(C)=N/c1ncccc1C. The molecule has 0 radical (unpaired) electrons. The van der Waals surface area contributed by atoms with Crippen molar-refractivity contribution in [1.82, 2.24) is 14.8 Å². The molecule has 134 valence electrons. The van der Waals surface area contributed by atoms with Gasteiger partial charge in [-0.1, -0.05) is 19.4 Å². The molecule has 26 heavy (non-hydrogen) atoms. The largest absolute Gasteiger partial charge is 0.294 e. The van der Waals surface area contributed by atoms with E-state index in [1.54, 1.807) is 18.3 Å². The van der Waals surface area contributed by atoms with Gasteiger partial charge < -0.3 is 0 Å². The van der Waals surface area contributed by atoms with Crippen LogP contribution in [-0.2, 0) is 6.42 Å². The number of aromatic amines is 1. The van der Waals surface area contributed by atoms with Gasteiger partial charge in [-0.2, -0.15) is 0 Å². The maximum absolute atomic E-state index is 13.2. The lowest BCUT2D eigenvalue weighted by Gasteiger charge is -2.02. The van der Waals surface area contributed by atoms with E-state index in [0.717, 1.165) is 17.7 Å². The van der Waals surface area contributed by atoms with Crippen molar-refractivity contribution in [3.8, 4) is 5.69 Å². The van der Waals surface area contributed by atoms with Crippen LogP contribution in [0.3, 0.4) is 0 Å². The van der Waals surface area contributed by atoms with Crippen molar-refractivity contribution < 1.29 is 4.39 Å². The van der Waals surface area contributed by atoms with Gasteiger partial charge in [0.25, 0.3) is 5.56 Å². The van der Waals surface area contributed by atoms with Crippen molar-refractivity contribution in [1.29, 1.82) is 0 Å². The molecule has 5 nitrogen and oxygen atoms in total. The van der Waals surface area contributed by atoms with Gasteiger partial charge in [-0.25, -0.2) is 19.0 Å². The van der Waals surface area contributed by atoms with Crippen molar-refractivity contribution in [3.63, 3.8) is 0 Å². The number of H-pyrrole nitrogens is 1. The Morgan fingerprint density at radius 3 is 2.65 bits per heavy atom. The molecule has 0 bridgehead atoms. The molecule has 0 aliphatic heterocycles. The smallest absolute Gasteiger partial charge is 0.280 e. The molecule has 0 aliphatic rings. The second-order valence-electron chi connectivity index (χ2n) is 6.17. The Bertz CT molecular complexity index is 999. The third-order valence-electron chi connectivity index (χ3n) is 4.17. The van der Waals surface area contributed by atoms with Crippen LogP contribution >= 0.6 is 0 Å². The molecule has 2 heterocycles. The molecule has 0 fully saturated rings. The van der Waals surface area contributed by atoms with Crippen LogP contribution < -0.4 is 5.56 Å². The van der Waals surface area contributed by atoms with Crippen LogP contribution in [0.25, 0.3) is 5.69 Å². The molecule has 0 saturated carbocycles. The van der Waals surface area contributed by atoms with Crippen LogP contribution in [-0.4, -0.2) is 20.5 Å². The van der Waals surface area contributed by atoms with Crippen LogP contribution in [0.5, 0.6) is 0 Å². The number of nitrogens with one attached hydrogen (secondary N) is 1. The number of benzene rings is 1. The number of pyridine rings is 1. The zero-order valence-electron chi connectivity index (χ0n) is 15.1. The highest BCUT2D eigenvalue weighted by molar-refractivity contribution is 6.01. The topological polar surface area (TPSA) is 63.0 Å². The standard InChI is InChI=1S/C20H21FN4O/c1-4-6-17-18(14(3)23-19-13(2)7-5-12-22-19)20(26)25(24-17)16-10-8-15(21)9-11-16/h5,7-12,24H,4,6H2,1-3H3/b23-14+. The van der Waals surface area contributed by atoms with Crippen LogP contribution in [0.4, 0.5) is 10.2 Å². The second kappa shape index (κ2) is 7.47. The van der Waals surface area contributed by atoms with Crippen molar-refractivity contribution in [3.05, 3.63) is 75.6 Å². The number of halogens is 1. The van der Waals surface area contributed by atoms with E-state index in [2.05, 4.69) is 15.1 Å². The second-order valence-corrected chi connectivity index (χ2v) is 6.17. The number of nitrogens with zero attached hydrogens (tertiary/aromatic N) is 3. The van der Waals surface area contributed by atoms with Gasteiger partial charge in [0.15, 0.2) is 5.82 Å². The monoisotopic (exact) mass is 352 g/mol. The first kappa shape index (κ1) is 17.8. The Kier molecular flexibility index (Phi) is 5.11. The number of rotatable bonds is 5. The highest BCUT2D eigenvalue weighted by Crippen LogP contribution is 2.17. The number of aryl methyl sites for hydroxylation is 2. The average molecular weight is 352 g/mol. The number of aliphatic imine (C=N–C) groups is 1. The summed E-state index contributed by atoms with van der Waals surface area (Å²) < 4.78 is 14.6. The average Bonchev–Trinajstić information content (AvgIpc) is 2.94. The van der Waals surface area contributed by atoms with Crippen LogP contribution in [0.15, 0.2) is 52.4 Å². The van der Waals surface area contributed by atoms with E-state index in [0.29, 0.717) is 29.2 Å². The predicted molar refractivity (Wildman–Crippen MR) is 101 cm³/mol. The van der Waals surface area contributed by atoms with Crippen molar-refractivity contribution in [2.75, 3.05) is 0 Å². The summed E-state index contributed by atoms with van der Waals surface area (Å²) in [5.74, 6) is 0.257. The molecule has 0 unspecified atom stereocenters. The Labute approximate surface area is 151 Å². The third-order valence-corrected chi connectivity index (χ3v) is 4.17. The summed E-state index contributed by atoms with van der Waals surface area (Å²) in [6.45, 7) is 5.79. The molecule has 0 spiro atoms. The minimum Gasteiger partial charge on any atom is -0.294 e. The first-order valence-corrected chi connectivity index (χ1v) is 8.58. The van der Waals surface area contributed by atoms with E-state index in [9.17, 15) is 9.18 Å². The molecular formula is C20H21FN4O. The lowest BCUT2D eigenvalue weighted by molar-refractivity contribution is 0.626. The summed E-state index contributed by atoms with van der Waals surface area (Å²) in [4.78, 5) is 21.8. The fraction of sp³-hybridized carbons (Fsp3) is 0.250. The quantitative estimate of drug-likeness (QED) is 0.703. The third kappa shape index (κ3) is 3.49. The Morgan fingerprint density at radius 1 is 1.27 bits per heavy atom. The van der Waals surface area contributed by atoms with E-state index < -0.39 is 0 Å². The summed E-state index contributed by atoms with van der Waals surface area (Å²) in [6.07, 6.45) is 3.28. The zero-order valence-corrected chi connectivity index (χ0v) is 15.1. The van der Waals surface area contributed by atoms with E-state index in [4.69, 9.17) is 0 Å². The van der Waals surface area contributed by atoms with Crippen molar-refractivity contribution >= 4 is 11.5 Å². The fourth-order valence-corrected chi connectivity index (χ4v) is 2.87. The molecule has 2 aromatic heterocycles. The Balaban J connectivity index is 2.13. The Hall–Kier alpha value is -3.02. The van der Waals surface area contributed by atoms with Gasteiger partial charge in [-0.3, -0.25) is 9.89 Å². The molecule has 0 aliphatic carbocycles. The number of hydrogen-bond acceptors (Lipinski definition) is 3. The summed E-state index contributed by atoms with van der Waals surface area (Å²) in [7, 11) is 0. The first-order valence-electron chi connectivity index (χ1n) is 8.58. The van der Waals surface area contributed by atoms with Crippen LogP contribution in [0, 0.1) is 12.7 Å². The van der Waals surface area contributed by atoms with Gasteiger partial charge >= 0.3 is 0 Å². The summed E-state index contributed by atoms with van der Waals surface area (Å²) in [5.41, 5.74) is 3.30. The van der Waals surface area contributed by atoms with E-state index >= 15 is 0 Å². The first-order chi connectivity index (χ1) is 12.5. The maximum atomic E-state index is 13.2. The summed E-state index contributed by atoms with van der Waals surface area (Å²) in [6, 6.07) is 9.59. The van der Waals surface area contributed by atoms with Crippen LogP contribution in [0.2, 0.25) is 0 Å². The molecule has 0 atom stereocenters. The van der Waals surface area contributed by atoms with Gasteiger partial charge in [-0.05, 0) is 56.2 Å². The van der Waals surface area contributed by atoms with Gasteiger partial charge in [0.2, 0.25) is 0 Å². The maximum Gasteiger partial charge on any atom is 0.280 e. The summed E-state index contributed by atoms with van der Waals surface area (Å²) >= 11 is 0. The van der Waals surface area contributed by atoms with Gasteiger partial charge in [0.1, 0.15) is 5.82 Å². The molecule has 0 amide bonds. The predicted octanol–water partition coefficient (Wildman–Crippen LogP) is 4.10. The molecule has 1 aromatic carbocycles. The fourth-order valence-electron chi connectivity index (χ4n) is 2.87. The van der Waals surface area contributed by atoms with Gasteiger partial charge in [0.05, 0.1) is 17.0 Å². The van der Waals surface area contributed by atoms with Gasteiger partial charge in [0, 0.05) is 11.9 Å². The highest BCUT2D eigenvalue weighted by atomic mass is 19.1. The lowest BCUT2D eigenvalue weighted by atomic mass is 10.1. The normalized spacial score (nSPS) is 11.8. The van der Waals surface area contributed by atoms with Crippen molar-refractivity contribution in [2.45, 2.75) is 33.6 Å². The molecule has 6 heteroatoms. The van der Waals surface area contributed by atoms with Crippen LogP contribution in [0.1, 0.15) is 37.1 Å². The minimum atomic E-state index is -0.342. The minimum absolute atomic E-state index is 0.199.